The standard InChI is InChI=1S/C55H33NO2/c1-3-17-39-34(12-1)14-11-23-49(39)56(38-28-31-42-44-29-26-35-13-2-4-18-40(35)54(44)58-52(42)33-38)37-27-30-41-43-19-9-15-36-16-10-22-47(53(36)43)55(48(41)32-37)45-20-5-7-24-50(45)57-51-25-8-6-21-46(51)55/h1-33H. The molecular formula is C55H33NO2. The highest BCUT2D eigenvalue weighted by atomic mass is 16.5. The molecule has 0 radical (unpaired) electrons. The third kappa shape index (κ3) is 4.17. The molecule has 0 unspecified atom stereocenters. The van der Waals surface area contributed by atoms with E-state index in [4.69, 9.17) is 9.15 Å². The molecule has 0 N–H and O–H groups in total. The first kappa shape index (κ1) is 31.6. The van der Waals surface area contributed by atoms with Crippen molar-refractivity contribution in [2.24, 2.45) is 0 Å². The number of fused-ring (bicyclic) bond motifs is 14. The summed E-state index contributed by atoms with van der Waals surface area (Å²) in [6, 6.07) is 72.6. The fourth-order valence-corrected chi connectivity index (χ4v) is 10.3. The molecule has 0 bridgehead atoms. The zero-order valence-electron chi connectivity index (χ0n) is 31.3. The van der Waals surface area contributed by atoms with Crippen molar-refractivity contribution in [3.05, 3.63) is 222 Å². The summed E-state index contributed by atoms with van der Waals surface area (Å²) in [6.07, 6.45) is 0. The van der Waals surface area contributed by atoms with Crippen LogP contribution in [0.15, 0.2) is 205 Å². The van der Waals surface area contributed by atoms with Crippen LogP contribution in [0.25, 0.3) is 65.4 Å². The lowest BCUT2D eigenvalue weighted by Crippen LogP contribution is -2.36. The van der Waals surface area contributed by atoms with Gasteiger partial charge < -0.3 is 14.1 Å². The zero-order chi connectivity index (χ0) is 38.0. The Balaban J connectivity index is 1.13. The van der Waals surface area contributed by atoms with E-state index in [2.05, 4.69) is 205 Å². The van der Waals surface area contributed by atoms with Gasteiger partial charge in [0.2, 0.25) is 0 Å². The number of ether oxygens (including phenoxy) is 1. The molecule has 2 aliphatic rings. The molecule has 1 aliphatic carbocycles. The second-order valence-electron chi connectivity index (χ2n) is 15.6. The Morgan fingerprint density at radius 2 is 0.983 bits per heavy atom. The molecule has 0 saturated heterocycles. The van der Waals surface area contributed by atoms with Gasteiger partial charge in [-0.3, -0.25) is 0 Å². The molecule has 0 saturated carbocycles. The van der Waals surface area contributed by atoms with Gasteiger partial charge in [-0.1, -0.05) is 146 Å². The number of para-hydroxylation sites is 2. The first-order valence-corrected chi connectivity index (χ1v) is 19.9. The van der Waals surface area contributed by atoms with Gasteiger partial charge in [0, 0.05) is 50.1 Å². The molecule has 3 nitrogen and oxygen atoms in total. The molecule has 0 amide bonds. The van der Waals surface area contributed by atoms with Crippen LogP contribution >= 0.6 is 0 Å². The van der Waals surface area contributed by atoms with E-state index >= 15 is 0 Å². The Morgan fingerprint density at radius 1 is 0.379 bits per heavy atom. The maximum absolute atomic E-state index is 6.81. The molecule has 270 valence electrons. The highest BCUT2D eigenvalue weighted by Crippen LogP contribution is 2.62. The predicted molar refractivity (Wildman–Crippen MR) is 238 cm³/mol. The molecule has 3 heteroatoms. The lowest BCUT2D eigenvalue weighted by molar-refractivity contribution is 0.435. The number of hydrogen-bond acceptors (Lipinski definition) is 3. The summed E-state index contributed by atoms with van der Waals surface area (Å²) in [5.41, 5.74) is 11.5. The van der Waals surface area contributed by atoms with Crippen LogP contribution in [0.1, 0.15) is 22.3 Å². The number of anilines is 3. The number of furan rings is 1. The quantitative estimate of drug-likeness (QED) is 0.180. The molecule has 1 aromatic heterocycles. The van der Waals surface area contributed by atoms with Crippen LogP contribution in [-0.2, 0) is 5.41 Å². The van der Waals surface area contributed by atoms with E-state index in [0.717, 1.165) is 67.0 Å². The summed E-state index contributed by atoms with van der Waals surface area (Å²) in [5.74, 6) is 1.76. The number of benzene rings is 10. The molecule has 58 heavy (non-hydrogen) atoms. The van der Waals surface area contributed by atoms with Crippen LogP contribution in [0.5, 0.6) is 11.5 Å². The molecule has 10 aromatic carbocycles. The summed E-state index contributed by atoms with van der Waals surface area (Å²) in [5, 5.41) is 9.39. The number of nitrogens with zero attached hydrogens (tertiary/aromatic N) is 1. The minimum atomic E-state index is -0.654. The van der Waals surface area contributed by atoms with E-state index in [1.54, 1.807) is 0 Å². The van der Waals surface area contributed by atoms with Gasteiger partial charge in [0.25, 0.3) is 0 Å². The average molecular weight is 740 g/mol. The van der Waals surface area contributed by atoms with Crippen molar-refractivity contribution in [1.82, 2.24) is 0 Å². The molecule has 1 aliphatic heterocycles. The lowest BCUT2D eigenvalue weighted by atomic mass is 9.58. The van der Waals surface area contributed by atoms with Gasteiger partial charge in [0.05, 0.1) is 11.1 Å². The van der Waals surface area contributed by atoms with Crippen LogP contribution in [0.3, 0.4) is 0 Å². The summed E-state index contributed by atoms with van der Waals surface area (Å²) in [4.78, 5) is 2.42. The third-order valence-electron chi connectivity index (χ3n) is 12.7. The fourth-order valence-electron chi connectivity index (χ4n) is 10.3. The van der Waals surface area contributed by atoms with Gasteiger partial charge in [-0.15, -0.1) is 0 Å². The number of hydrogen-bond donors (Lipinski definition) is 0. The van der Waals surface area contributed by atoms with Gasteiger partial charge in [0.15, 0.2) is 0 Å². The Kier molecular flexibility index (Phi) is 6.37. The van der Waals surface area contributed by atoms with E-state index < -0.39 is 5.41 Å². The zero-order valence-corrected chi connectivity index (χ0v) is 31.3. The molecule has 2 heterocycles. The number of rotatable bonds is 3. The Hall–Kier alpha value is -7.62. The van der Waals surface area contributed by atoms with Crippen LogP contribution < -0.4 is 9.64 Å². The molecular weight excluding hydrogens is 707 g/mol. The lowest BCUT2D eigenvalue weighted by Gasteiger charge is -2.45. The minimum absolute atomic E-state index is 0.654. The molecule has 13 rings (SSSR count). The van der Waals surface area contributed by atoms with Crippen LogP contribution in [0.4, 0.5) is 17.1 Å². The van der Waals surface area contributed by atoms with E-state index in [-0.39, 0.29) is 0 Å². The van der Waals surface area contributed by atoms with Gasteiger partial charge in [-0.2, -0.15) is 0 Å². The summed E-state index contributed by atoms with van der Waals surface area (Å²) in [7, 11) is 0. The average Bonchev–Trinajstić information content (AvgIpc) is 3.66. The van der Waals surface area contributed by atoms with E-state index in [1.807, 2.05) is 0 Å². The first-order valence-electron chi connectivity index (χ1n) is 19.9. The molecule has 11 aromatic rings. The van der Waals surface area contributed by atoms with Crippen molar-refractivity contribution in [3.8, 4) is 22.6 Å². The van der Waals surface area contributed by atoms with Crippen molar-refractivity contribution in [3.63, 3.8) is 0 Å². The summed E-state index contributed by atoms with van der Waals surface area (Å²) in [6.45, 7) is 0. The molecule has 0 atom stereocenters. The van der Waals surface area contributed by atoms with Crippen LogP contribution in [-0.4, -0.2) is 0 Å². The maximum Gasteiger partial charge on any atom is 0.143 e. The maximum atomic E-state index is 6.81. The third-order valence-corrected chi connectivity index (χ3v) is 12.7. The molecule has 1 spiro atoms. The predicted octanol–water partition coefficient (Wildman–Crippen LogP) is 15.0. The second kappa shape index (κ2) is 11.7. The van der Waals surface area contributed by atoms with Gasteiger partial charge in [-0.05, 0) is 92.3 Å². The van der Waals surface area contributed by atoms with E-state index in [0.29, 0.717) is 0 Å². The van der Waals surface area contributed by atoms with Crippen LogP contribution in [0, 0.1) is 0 Å². The van der Waals surface area contributed by atoms with Crippen molar-refractivity contribution in [2.75, 3.05) is 4.90 Å². The summed E-state index contributed by atoms with van der Waals surface area (Å²) < 4.78 is 13.5. The fraction of sp³-hybridized carbons (Fsp3) is 0.0182. The first-order chi connectivity index (χ1) is 28.8. The smallest absolute Gasteiger partial charge is 0.143 e. The topological polar surface area (TPSA) is 25.6 Å². The van der Waals surface area contributed by atoms with Crippen molar-refractivity contribution < 1.29 is 9.15 Å². The van der Waals surface area contributed by atoms with E-state index in [1.165, 1.54) is 49.2 Å². The van der Waals surface area contributed by atoms with Gasteiger partial charge >= 0.3 is 0 Å². The minimum Gasteiger partial charge on any atom is -0.457 e. The second-order valence-corrected chi connectivity index (χ2v) is 15.6. The Morgan fingerprint density at radius 3 is 1.81 bits per heavy atom. The highest BCUT2D eigenvalue weighted by Gasteiger charge is 2.49. The van der Waals surface area contributed by atoms with Crippen molar-refractivity contribution >= 4 is 71.3 Å². The highest BCUT2D eigenvalue weighted by molar-refractivity contribution is 6.16. The Bertz CT molecular complexity index is 3460. The monoisotopic (exact) mass is 739 g/mol. The largest absolute Gasteiger partial charge is 0.457 e. The van der Waals surface area contributed by atoms with Crippen molar-refractivity contribution in [2.45, 2.75) is 5.41 Å². The van der Waals surface area contributed by atoms with Gasteiger partial charge in [0.1, 0.15) is 22.7 Å². The molecule has 0 fully saturated rings. The van der Waals surface area contributed by atoms with Crippen molar-refractivity contribution in [1.29, 1.82) is 0 Å². The summed E-state index contributed by atoms with van der Waals surface area (Å²) >= 11 is 0. The van der Waals surface area contributed by atoms with Crippen LogP contribution in [0.2, 0.25) is 0 Å². The van der Waals surface area contributed by atoms with Gasteiger partial charge in [-0.25, -0.2) is 0 Å². The van der Waals surface area contributed by atoms with E-state index in [9.17, 15) is 0 Å². The normalized spacial score (nSPS) is 13.4. The SMILES string of the molecule is c1ccc2c(c1)Oc1ccccc1C21c2cc(N(c3ccc4c(c3)oc3c5ccccc5ccc43)c3cccc4ccccc34)ccc2-c2cccc3cccc1c23. The Labute approximate surface area is 334 Å².